The van der Waals surface area contributed by atoms with Gasteiger partial charge in [-0.2, -0.15) is 0 Å². The Hall–Kier alpha value is -1.81. The maximum absolute atomic E-state index is 11.8. The molecule has 0 heterocycles. The molecule has 2 aromatic carbocycles. The minimum atomic E-state index is -1.11. The van der Waals surface area contributed by atoms with Crippen LogP contribution >= 0.6 is 11.6 Å². The van der Waals surface area contributed by atoms with E-state index in [9.17, 15) is 5.11 Å². The predicted molar refractivity (Wildman–Crippen MR) is 110 cm³/mol. The van der Waals surface area contributed by atoms with Crippen LogP contribution in [0.25, 0.3) is 6.08 Å². The molecule has 0 aliphatic carbocycles. The van der Waals surface area contributed by atoms with Gasteiger partial charge in [0.15, 0.2) is 0 Å². The lowest BCUT2D eigenvalue weighted by molar-refractivity contribution is 0.0104. The van der Waals surface area contributed by atoms with Crippen LogP contribution in [0.2, 0.25) is 5.02 Å². The van der Waals surface area contributed by atoms with Gasteiger partial charge in [0.05, 0.1) is 7.11 Å². The number of methoxy groups -OCH3 is 1. The highest BCUT2D eigenvalue weighted by molar-refractivity contribution is 6.30. The molecule has 2 aromatic rings. The fourth-order valence-electron chi connectivity index (χ4n) is 3.36. The van der Waals surface area contributed by atoms with Gasteiger partial charge in [-0.3, -0.25) is 0 Å². The average Bonchev–Trinajstić information content (AvgIpc) is 2.62. The molecule has 0 aromatic heterocycles. The van der Waals surface area contributed by atoms with Gasteiger partial charge in [0.25, 0.3) is 0 Å². The van der Waals surface area contributed by atoms with E-state index in [1.807, 2.05) is 75.6 Å². The molecule has 2 unspecified atom stereocenters. The van der Waals surface area contributed by atoms with Crippen LogP contribution in [0.1, 0.15) is 25.0 Å². The molecule has 1 N–H and O–H groups in total. The van der Waals surface area contributed by atoms with Crippen molar-refractivity contribution in [2.75, 3.05) is 27.7 Å². The lowest BCUT2D eigenvalue weighted by atomic mass is 9.76. The third-order valence-corrected chi connectivity index (χ3v) is 4.97. The van der Waals surface area contributed by atoms with E-state index in [0.717, 1.165) is 29.0 Å². The van der Waals surface area contributed by atoms with Crippen LogP contribution in [0.5, 0.6) is 5.75 Å². The average molecular weight is 374 g/mol. The van der Waals surface area contributed by atoms with Crippen LogP contribution in [0.4, 0.5) is 0 Å². The summed E-state index contributed by atoms with van der Waals surface area (Å²) >= 11 is 5.99. The summed E-state index contributed by atoms with van der Waals surface area (Å²) in [6.45, 7) is 4.79. The Balaban J connectivity index is 2.53. The maximum atomic E-state index is 11.8. The SMILES string of the molecule is COc1cccc(C(O)(C(C)=Cc2ccc(Cl)cc2)C(C)CN(C)C)c1. The highest BCUT2D eigenvalue weighted by Crippen LogP contribution is 2.39. The fraction of sp³-hybridized carbons (Fsp3) is 0.364. The molecule has 0 amide bonds. The summed E-state index contributed by atoms with van der Waals surface area (Å²) in [4.78, 5) is 2.09. The van der Waals surface area contributed by atoms with E-state index in [0.29, 0.717) is 5.02 Å². The molecule has 0 aliphatic heterocycles. The minimum Gasteiger partial charge on any atom is -0.497 e. The topological polar surface area (TPSA) is 32.7 Å². The van der Waals surface area contributed by atoms with Crippen molar-refractivity contribution in [3.05, 3.63) is 70.3 Å². The molecule has 2 atom stereocenters. The number of benzene rings is 2. The van der Waals surface area contributed by atoms with Crippen molar-refractivity contribution in [2.45, 2.75) is 19.4 Å². The summed E-state index contributed by atoms with van der Waals surface area (Å²) in [5.41, 5.74) is 1.60. The van der Waals surface area contributed by atoms with Gasteiger partial charge in [0.2, 0.25) is 0 Å². The molecule has 0 radical (unpaired) electrons. The van der Waals surface area contributed by atoms with Gasteiger partial charge in [0, 0.05) is 17.5 Å². The first kappa shape index (κ1) is 20.5. The molecule has 2 rings (SSSR count). The zero-order valence-electron chi connectivity index (χ0n) is 16.2. The van der Waals surface area contributed by atoms with Crippen molar-refractivity contribution in [3.63, 3.8) is 0 Å². The Morgan fingerprint density at radius 3 is 2.46 bits per heavy atom. The Morgan fingerprint density at radius 2 is 1.88 bits per heavy atom. The summed E-state index contributed by atoms with van der Waals surface area (Å²) in [7, 11) is 5.67. The summed E-state index contributed by atoms with van der Waals surface area (Å²) in [5, 5.41) is 12.5. The number of hydrogen-bond donors (Lipinski definition) is 1. The Morgan fingerprint density at radius 1 is 1.23 bits per heavy atom. The molecule has 0 bridgehead atoms. The molecular weight excluding hydrogens is 346 g/mol. The van der Waals surface area contributed by atoms with Crippen molar-refractivity contribution in [1.29, 1.82) is 0 Å². The van der Waals surface area contributed by atoms with E-state index in [-0.39, 0.29) is 5.92 Å². The van der Waals surface area contributed by atoms with Gasteiger partial charge in [0.1, 0.15) is 11.4 Å². The van der Waals surface area contributed by atoms with Crippen LogP contribution in [0.15, 0.2) is 54.1 Å². The number of aliphatic hydroxyl groups is 1. The van der Waals surface area contributed by atoms with E-state index >= 15 is 0 Å². The van der Waals surface area contributed by atoms with E-state index in [1.165, 1.54) is 0 Å². The first-order valence-electron chi connectivity index (χ1n) is 8.73. The van der Waals surface area contributed by atoms with Crippen LogP contribution in [0.3, 0.4) is 0 Å². The van der Waals surface area contributed by atoms with Crippen molar-refractivity contribution < 1.29 is 9.84 Å². The van der Waals surface area contributed by atoms with Crippen LogP contribution in [0, 0.1) is 5.92 Å². The number of rotatable bonds is 7. The lowest BCUT2D eigenvalue weighted by Crippen LogP contribution is -2.40. The second-order valence-electron chi connectivity index (χ2n) is 7.04. The second-order valence-corrected chi connectivity index (χ2v) is 7.48. The smallest absolute Gasteiger partial charge is 0.119 e. The van der Waals surface area contributed by atoms with Crippen molar-refractivity contribution >= 4 is 17.7 Å². The Kier molecular flexibility index (Phi) is 6.87. The molecule has 3 nitrogen and oxygen atoms in total. The molecule has 26 heavy (non-hydrogen) atoms. The molecule has 4 heteroatoms. The molecule has 0 aliphatic rings. The number of ether oxygens (including phenoxy) is 1. The van der Waals surface area contributed by atoms with Crippen molar-refractivity contribution in [2.24, 2.45) is 5.92 Å². The molecule has 0 spiro atoms. The monoisotopic (exact) mass is 373 g/mol. The minimum absolute atomic E-state index is 0.0202. The fourth-order valence-corrected chi connectivity index (χ4v) is 3.49. The summed E-state index contributed by atoms with van der Waals surface area (Å²) < 4.78 is 5.37. The Labute approximate surface area is 161 Å². The Bertz CT molecular complexity index is 755. The standard InChI is InChI=1S/C22H28ClNO2/c1-16(13-18-9-11-20(23)12-10-18)22(25,17(2)15-24(3)4)19-7-6-8-21(14-19)26-5/h6-14,17,25H,15H2,1-5H3. The maximum Gasteiger partial charge on any atom is 0.119 e. The lowest BCUT2D eigenvalue weighted by Gasteiger charge is -2.37. The number of hydrogen-bond acceptors (Lipinski definition) is 3. The molecule has 0 saturated heterocycles. The summed E-state index contributed by atoms with van der Waals surface area (Å²) in [6, 6.07) is 15.3. The quantitative estimate of drug-likeness (QED) is 0.753. The second kappa shape index (κ2) is 8.72. The van der Waals surface area contributed by atoms with Gasteiger partial charge in [-0.25, -0.2) is 0 Å². The van der Waals surface area contributed by atoms with Gasteiger partial charge >= 0.3 is 0 Å². The largest absolute Gasteiger partial charge is 0.497 e. The molecule has 0 saturated carbocycles. The van der Waals surface area contributed by atoms with E-state index in [2.05, 4.69) is 11.8 Å². The predicted octanol–water partition coefficient (Wildman–Crippen LogP) is 4.84. The van der Waals surface area contributed by atoms with Crippen LogP contribution in [-0.4, -0.2) is 37.8 Å². The van der Waals surface area contributed by atoms with Gasteiger partial charge in [-0.05, 0) is 62.0 Å². The molecule has 0 fully saturated rings. The summed E-state index contributed by atoms with van der Waals surface area (Å²) in [5.74, 6) is 0.713. The third kappa shape index (κ3) is 4.67. The molecular formula is C22H28ClNO2. The highest BCUT2D eigenvalue weighted by Gasteiger charge is 2.38. The summed E-state index contributed by atoms with van der Waals surface area (Å²) in [6.07, 6.45) is 2.02. The van der Waals surface area contributed by atoms with E-state index in [1.54, 1.807) is 7.11 Å². The van der Waals surface area contributed by atoms with Crippen molar-refractivity contribution in [1.82, 2.24) is 4.90 Å². The first-order chi connectivity index (χ1) is 12.3. The normalized spacial score (nSPS) is 15.6. The van der Waals surface area contributed by atoms with Crippen LogP contribution < -0.4 is 4.74 Å². The van der Waals surface area contributed by atoms with Crippen molar-refractivity contribution in [3.8, 4) is 5.75 Å². The highest BCUT2D eigenvalue weighted by atomic mass is 35.5. The van der Waals surface area contributed by atoms with Crippen LogP contribution in [-0.2, 0) is 5.60 Å². The third-order valence-electron chi connectivity index (χ3n) is 4.72. The van der Waals surface area contributed by atoms with E-state index in [4.69, 9.17) is 16.3 Å². The van der Waals surface area contributed by atoms with Gasteiger partial charge < -0.3 is 14.7 Å². The van der Waals surface area contributed by atoms with Gasteiger partial charge in [-0.1, -0.05) is 48.9 Å². The first-order valence-corrected chi connectivity index (χ1v) is 9.11. The zero-order valence-corrected chi connectivity index (χ0v) is 16.9. The van der Waals surface area contributed by atoms with Gasteiger partial charge in [-0.15, -0.1) is 0 Å². The molecule has 140 valence electrons. The number of halogens is 1. The van der Waals surface area contributed by atoms with E-state index < -0.39 is 5.60 Å². The zero-order chi connectivity index (χ0) is 19.3. The number of nitrogens with zero attached hydrogens (tertiary/aromatic N) is 1.